The molecule has 0 saturated heterocycles. The zero-order valence-corrected chi connectivity index (χ0v) is 11.7. The number of benzene rings is 1. The molecule has 11 heteroatoms. The fourth-order valence-electron chi connectivity index (χ4n) is 1.67. The SMILES string of the molecule is Cn1cc([N+](=O)[O-])c(C(=O)NN=Cc2ccc([N+](=O)[O-])cc2)n1. The van der Waals surface area contributed by atoms with Crippen molar-refractivity contribution in [1.82, 2.24) is 15.2 Å². The van der Waals surface area contributed by atoms with E-state index >= 15 is 0 Å². The lowest BCUT2D eigenvalue weighted by atomic mass is 10.2. The molecule has 0 spiro atoms. The van der Waals surface area contributed by atoms with Crippen LogP contribution in [0.15, 0.2) is 35.6 Å². The summed E-state index contributed by atoms with van der Waals surface area (Å²) in [5, 5.41) is 28.7. The van der Waals surface area contributed by atoms with Crippen molar-refractivity contribution in [3.63, 3.8) is 0 Å². The first-order valence-corrected chi connectivity index (χ1v) is 6.14. The molecule has 2 rings (SSSR count). The van der Waals surface area contributed by atoms with Crippen molar-refractivity contribution in [3.8, 4) is 0 Å². The number of aromatic nitrogens is 2. The topological polar surface area (TPSA) is 146 Å². The van der Waals surface area contributed by atoms with Crippen LogP contribution in [0.3, 0.4) is 0 Å². The Hall–Kier alpha value is -3.63. The summed E-state index contributed by atoms with van der Waals surface area (Å²) in [7, 11) is 1.45. The Morgan fingerprint density at radius 1 is 1.26 bits per heavy atom. The maximum Gasteiger partial charge on any atom is 0.320 e. The van der Waals surface area contributed by atoms with Gasteiger partial charge >= 0.3 is 5.69 Å². The molecule has 0 fully saturated rings. The lowest BCUT2D eigenvalue weighted by Gasteiger charge is -1.96. The van der Waals surface area contributed by atoms with Gasteiger partial charge in [0.15, 0.2) is 0 Å². The predicted molar refractivity (Wildman–Crippen MR) is 78.0 cm³/mol. The Balaban J connectivity index is 2.07. The molecule has 0 saturated carbocycles. The highest BCUT2D eigenvalue weighted by Crippen LogP contribution is 2.15. The molecule has 1 aromatic heterocycles. The number of rotatable bonds is 5. The van der Waals surface area contributed by atoms with Crippen molar-refractivity contribution < 1.29 is 14.6 Å². The Morgan fingerprint density at radius 2 is 1.91 bits per heavy atom. The van der Waals surface area contributed by atoms with E-state index in [1.165, 1.54) is 37.5 Å². The van der Waals surface area contributed by atoms with Gasteiger partial charge in [-0.15, -0.1) is 0 Å². The number of nitro groups is 2. The Morgan fingerprint density at radius 3 is 2.48 bits per heavy atom. The van der Waals surface area contributed by atoms with Gasteiger partial charge in [-0.05, 0) is 17.7 Å². The highest BCUT2D eigenvalue weighted by molar-refractivity contribution is 5.96. The van der Waals surface area contributed by atoms with Gasteiger partial charge in [-0.1, -0.05) is 0 Å². The Kier molecular flexibility index (Phi) is 4.40. The Labute approximate surface area is 128 Å². The number of carbonyl (C=O) groups excluding carboxylic acids is 1. The van der Waals surface area contributed by atoms with Crippen LogP contribution in [-0.4, -0.2) is 31.7 Å². The number of hydrogen-bond acceptors (Lipinski definition) is 7. The van der Waals surface area contributed by atoms with Crippen molar-refractivity contribution in [2.45, 2.75) is 0 Å². The molecule has 11 nitrogen and oxygen atoms in total. The Bertz CT molecular complexity index is 795. The van der Waals surface area contributed by atoms with Gasteiger partial charge < -0.3 is 0 Å². The molecule has 0 atom stereocenters. The summed E-state index contributed by atoms with van der Waals surface area (Å²) in [6, 6.07) is 5.45. The molecular formula is C12H10N6O5. The van der Waals surface area contributed by atoms with Gasteiger partial charge in [0.1, 0.15) is 6.20 Å². The van der Waals surface area contributed by atoms with E-state index in [0.717, 1.165) is 10.9 Å². The van der Waals surface area contributed by atoms with Crippen LogP contribution in [0.5, 0.6) is 0 Å². The minimum absolute atomic E-state index is 0.0738. The van der Waals surface area contributed by atoms with E-state index in [1.807, 2.05) is 0 Å². The summed E-state index contributed by atoms with van der Waals surface area (Å²) < 4.78 is 1.15. The number of nitro benzene ring substituents is 1. The van der Waals surface area contributed by atoms with Crippen molar-refractivity contribution in [1.29, 1.82) is 0 Å². The molecule has 2 aromatic rings. The lowest BCUT2D eigenvalue weighted by molar-refractivity contribution is -0.385. The average molecular weight is 318 g/mol. The maximum absolute atomic E-state index is 11.8. The first-order valence-electron chi connectivity index (χ1n) is 6.14. The molecule has 0 aliphatic rings. The van der Waals surface area contributed by atoms with E-state index in [-0.39, 0.29) is 11.4 Å². The van der Waals surface area contributed by atoms with Gasteiger partial charge in [-0.2, -0.15) is 10.2 Å². The molecule has 118 valence electrons. The zero-order valence-electron chi connectivity index (χ0n) is 11.7. The predicted octanol–water partition coefficient (Wildman–Crippen LogP) is 1.00. The number of nitrogens with one attached hydrogen (secondary N) is 1. The summed E-state index contributed by atoms with van der Waals surface area (Å²) in [5.41, 5.74) is 1.74. The first-order chi connectivity index (χ1) is 10.9. The van der Waals surface area contributed by atoms with Crippen molar-refractivity contribution >= 4 is 23.5 Å². The number of hydrazone groups is 1. The molecule has 1 amide bonds. The van der Waals surface area contributed by atoms with Crippen LogP contribution in [0.2, 0.25) is 0 Å². The summed E-state index contributed by atoms with van der Waals surface area (Å²) in [4.78, 5) is 31.9. The summed E-state index contributed by atoms with van der Waals surface area (Å²) in [5.74, 6) is -0.838. The third kappa shape index (κ3) is 3.72. The second kappa shape index (κ2) is 6.43. The van der Waals surface area contributed by atoms with Gasteiger partial charge in [-0.25, -0.2) is 5.43 Å². The van der Waals surface area contributed by atoms with Crippen LogP contribution in [-0.2, 0) is 7.05 Å². The molecule has 0 aliphatic heterocycles. The molecule has 0 aliphatic carbocycles. The number of hydrogen-bond donors (Lipinski definition) is 1. The zero-order chi connectivity index (χ0) is 17.0. The lowest BCUT2D eigenvalue weighted by Crippen LogP contribution is -2.19. The van der Waals surface area contributed by atoms with Crippen molar-refractivity contribution in [2.75, 3.05) is 0 Å². The van der Waals surface area contributed by atoms with Gasteiger partial charge in [0.05, 0.1) is 16.1 Å². The van der Waals surface area contributed by atoms with Crippen LogP contribution in [0.25, 0.3) is 0 Å². The largest absolute Gasteiger partial charge is 0.320 e. The smallest absolute Gasteiger partial charge is 0.268 e. The van der Waals surface area contributed by atoms with Gasteiger partial charge in [0, 0.05) is 19.2 Å². The van der Waals surface area contributed by atoms with Gasteiger partial charge in [0.25, 0.3) is 11.6 Å². The minimum Gasteiger partial charge on any atom is -0.268 e. The molecule has 0 bridgehead atoms. The fraction of sp³-hybridized carbons (Fsp3) is 0.0833. The third-order valence-corrected chi connectivity index (χ3v) is 2.70. The quantitative estimate of drug-likeness (QED) is 0.494. The fourth-order valence-corrected chi connectivity index (χ4v) is 1.67. The maximum atomic E-state index is 11.8. The minimum atomic E-state index is -0.838. The van der Waals surface area contributed by atoms with E-state index in [2.05, 4.69) is 15.6 Å². The highest BCUT2D eigenvalue weighted by atomic mass is 16.6. The summed E-state index contributed by atoms with van der Waals surface area (Å²) >= 11 is 0. The highest BCUT2D eigenvalue weighted by Gasteiger charge is 2.24. The van der Waals surface area contributed by atoms with Crippen LogP contribution in [0, 0.1) is 20.2 Å². The number of non-ortho nitro benzene ring substituents is 1. The number of carbonyl (C=O) groups is 1. The molecular weight excluding hydrogens is 308 g/mol. The molecule has 0 radical (unpaired) electrons. The third-order valence-electron chi connectivity index (χ3n) is 2.70. The monoisotopic (exact) mass is 318 g/mol. The second-order valence-electron chi connectivity index (χ2n) is 4.34. The average Bonchev–Trinajstić information content (AvgIpc) is 2.90. The molecule has 0 unspecified atom stereocenters. The van der Waals surface area contributed by atoms with Crippen LogP contribution < -0.4 is 5.43 Å². The summed E-state index contributed by atoms with van der Waals surface area (Å²) in [6.45, 7) is 0. The molecule has 23 heavy (non-hydrogen) atoms. The number of aryl methyl sites for hydroxylation is 1. The van der Waals surface area contributed by atoms with E-state index in [1.54, 1.807) is 0 Å². The summed E-state index contributed by atoms with van der Waals surface area (Å²) in [6.07, 6.45) is 2.35. The molecule has 1 aromatic carbocycles. The van der Waals surface area contributed by atoms with E-state index in [0.29, 0.717) is 5.56 Å². The normalized spacial score (nSPS) is 10.7. The molecule has 1 N–H and O–H groups in total. The van der Waals surface area contributed by atoms with Gasteiger partial charge in [-0.3, -0.25) is 29.7 Å². The standard InChI is InChI=1S/C12H10N6O5/c1-16-7-10(18(22)23)11(15-16)12(19)14-13-6-8-2-4-9(5-3-8)17(20)21/h2-7H,1H3,(H,14,19). The number of nitrogens with zero attached hydrogens (tertiary/aromatic N) is 5. The number of amides is 1. The van der Waals surface area contributed by atoms with Crippen molar-refractivity contribution in [3.05, 3.63) is 61.9 Å². The first kappa shape index (κ1) is 15.8. The van der Waals surface area contributed by atoms with Crippen LogP contribution in [0.4, 0.5) is 11.4 Å². The van der Waals surface area contributed by atoms with E-state index in [4.69, 9.17) is 0 Å². The second-order valence-corrected chi connectivity index (χ2v) is 4.34. The van der Waals surface area contributed by atoms with E-state index < -0.39 is 21.4 Å². The van der Waals surface area contributed by atoms with Crippen LogP contribution in [0.1, 0.15) is 16.1 Å². The van der Waals surface area contributed by atoms with Crippen LogP contribution >= 0.6 is 0 Å². The van der Waals surface area contributed by atoms with Gasteiger partial charge in [0.2, 0.25) is 5.69 Å². The van der Waals surface area contributed by atoms with Crippen molar-refractivity contribution in [2.24, 2.45) is 12.1 Å². The van der Waals surface area contributed by atoms with E-state index in [9.17, 15) is 25.0 Å². The molecule has 1 heterocycles.